The number of aromatic nitrogens is 2. The first-order valence-corrected chi connectivity index (χ1v) is 6.68. The number of rotatable bonds is 2. The summed E-state index contributed by atoms with van der Waals surface area (Å²) in [5, 5.41) is 4.45. The van der Waals surface area contributed by atoms with Crippen LogP contribution in [0.5, 0.6) is 0 Å². The Kier molecular flexibility index (Phi) is 3.87. The van der Waals surface area contributed by atoms with Gasteiger partial charge in [0, 0.05) is 26.7 Å². The average Bonchev–Trinajstić information content (AvgIpc) is 2.46. The molecule has 1 saturated heterocycles. The lowest BCUT2D eigenvalue weighted by atomic mass is 10.2. The summed E-state index contributed by atoms with van der Waals surface area (Å²) in [5.41, 5.74) is 7.69. The Balaban J connectivity index is 2.34. The maximum atomic E-state index is 5.84. The Hall–Kier alpha value is -1.14. The molecule has 6 heteroatoms. The number of likely N-dealkylation sites (N-methyl/N-ethyl adjacent to an activating group) is 1. The second-order valence-corrected chi connectivity index (χ2v) is 5.36. The lowest BCUT2D eigenvalue weighted by Gasteiger charge is -2.24. The number of hydrogen-bond donors (Lipinski definition) is 1. The van der Waals surface area contributed by atoms with E-state index in [4.69, 9.17) is 18.0 Å². The molecular weight excluding hydrogens is 246 g/mol. The Morgan fingerprint density at radius 3 is 2.61 bits per heavy atom. The molecule has 2 N–H and O–H groups in total. The smallest absolute Gasteiger partial charge is 0.137 e. The number of hydrogen-bond acceptors (Lipinski definition) is 4. The maximum Gasteiger partial charge on any atom is 0.137 e. The molecule has 0 amide bonds. The quantitative estimate of drug-likeness (QED) is 0.791. The van der Waals surface area contributed by atoms with Crippen LogP contribution in [-0.4, -0.2) is 52.9 Å². The Labute approximate surface area is 114 Å². The van der Waals surface area contributed by atoms with Crippen LogP contribution in [0.4, 0.5) is 5.82 Å². The van der Waals surface area contributed by atoms with E-state index in [1.165, 1.54) is 0 Å². The van der Waals surface area contributed by atoms with Gasteiger partial charge in [-0.05, 0) is 26.9 Å². The fraction of sp³-hybridized carbons (Fsp3) is 0.667. The number of nitrogens with zero attached hydrogens (tertiary/aromatic N) is 4. The highest BCUT2D eigenvalue weighted by Gasteiger charge is 2.22. The molecule has 0 saturated carbocycles. The Bertz CT molecular complexity index is 454. The summed E-state index contributed by atoms with van der Waals surface area (Å²) in [6.07, 6.45) is 1.15. The van der Waals surface area contributed by atoms with Gasteiger partial charge < -0.3 is 15.5 Å². The van der Waals surface area contributed by atoms with Crippen molar-refractivity contribution in [3.8, 4) is 0 Å². The van der Waals surface area contributed by atoms with Crippen LogP contribution in [0.15, 0.2) is 0 Å². The molecule has 1 aliphatic rings. The van der Waals surface area contributed by atoms with Crippen LogP contribution < -0.4 is 10.6 Å². The van der Waals surface area contributed by atoms with Gasteiger partial charge in [0.25, 0.3) is 0 Å². The second-order valence-electron chi connectivity index (χ2n) is 4.92. The van der Waals surface area contributed by atoms with E-state index in [2.05, 4.69) is 21.9 Å². The lowest BCUT2D eigenvalue weighted by molar-refractivity contribution is 0.360. The summed E-state index contributed by atoms with van der Waals surface area (Å²) in [6.45, 7) is 6.17. The topological polar surface area (TPSA) is 50.3 Å². The molecule has 0 aliphatic carbocycles. The van der Waals surface area contributed by atoms with Gasteiger partial charge in [-0.15, -0.1) is 0 Å². The normalized spacial score (nSPS) is 17.8. The van der Waals surface area contributed by atoms with Crippen molar-refractivity contribution in [1.82, 2.24) is 14.7 Å². The number of thiocarbonyl (C=S) groups is 1. The van der Waals surface area contributed by atoms with Crippen LogP contribution in [0.1, 0.15) is 17.7 Å². The van der Waals surface area contributed by atoms with Gasteiger partial charge >= 0.3 is 0 Å². The molecule has 2 heterocycles. The fourth-order valence-corrected chi connectivity index (χ4v) is 2.79. The van der Waals surface area contributed by atoms with Gasteiger partial charge in [-0.2, -0.15) is 5.10 Å². The van der Waals surface area contributed by atoms with E-state index in [1.807, 2.05) is 18.7 Å². The van der Waals surface area contributed by atoms with Crippen molar-refractivity contribution in [1.29, 1.82) is 0 Å². The van der Waals surface area contributed by atoms with E-state index in [0.29, 0.717) is 4.99 Å². The minimum Gasteiger partial charge on any atom is -0.389 e. The number of aryl methyl sites for hydroxylation is 2. The van der Waals surface area contributed by atoms with Crippen molar-refractivity contribution in [2.75, 3.05) is 38.1 Å². The summed E-state index contributed by atoms with van der Waals surface area (Å²) in [7, 11) is 4.12. The standard InChI is InChI=1S/C12H21N5S/c1-9-10(11(13)18)12(16(3)14-9)17-6-4-5-15(2)7-8-17/h4-8H2,1-3H3,(H2,13,18). The molecule has 1 aliphatic heterocycles. The predicted molar refractivity (Wildman–Crippen MR) is 78.2 cm³/mol. The first kappa shape index (κ1) is 13.3. The zero-order valence-corrected chi connectivity index (χ0v) is 12.1. The van der Waals surface area contributed by atoms with E-state index in [9.17, 15) is 0 Å². The molecule has 100 valence electrons. The summed E-state index contributed by atoms with van der Waals surface area (Å²) in [6, 6.07) is 0. The SMILES string of the molecule is Cc1nn(C)c(N2CCCN(C)CC2)c1C(N)=S. The first-order chi connectivity index (χ1) is 8.50. The molecule has 2 rings (SSSR count). The highest BCUT2D eigenvalue weighted by Crippen LogP contribution is 2.24. The molecule has 0 atom stereocenters. The Morgan fingerprint density at radius 2 is 1.94 bits per heavy atom. The van der Waals surface area contributed by atoms with Gasteiger partial charge in [-0.3, -0.25) is 4.68 Å². The molecule has 0 unspecified atom stereocenters. The highest BCUT2D eigenvalue weighted by molar-refractivity contribution is 7.80. The Morgan fingerprint density at radius 1 is 1.22 bits per heavy atom. The molecule has 1 aromatic rings. The zero-order chi connectivity index (χ0) is 13.3. The summed E-state index contributed by atoms with van der Waals surface area (Å²) < 4.78 is 1.90. The van der Waals surface area contributed by atoms with Gasteiger partial charge in [0.1, 0.15) is 10.8 Å². The van der Waals surface area contributed by atoms with Crippen molar-refractivity contribution in [3.05, 3.63) is 11.3 Å². The molecule has 0 spiro atoms. The molecule has 0 radical (unpaired) electrons. The summed E-state index contributed by atoms with van der Waals surface area (Å²) in [4.78, 5) is 5.13. The third kappa shape index (κ3) is 2.49. The molecular formula is C12H21N5S. The van der Waals surface area contributed by atoms with Crippen LogP contribution in [0, 0.1) is 6.92 Å². The highest BCUT2D eigenvalue weighted by atomic mass is 32.1. The van der Waals surface area contributed by atoms with Crippen LogP contribution in [0.3, 0.4) is 0 Å². The van der Waals surface area contributed by atoms with Gasteiger partial charge in [0.05, 0.1) is 11.3 Å². The average molecular weight is 267 g/mol. The second kappa shape index (κ2) is 5.24. The van der Waals surface area contributed by atoms with Gasteiger partial charge in [-0.1, -0.05) is 12.2 Å². The number of anilines is 1. The van der Waals surface area contributed by atoms with Crippen LogP contribution in [0.25, 0.3) is 0 Å². The van der Waals surface area contributed by atoms with E-state index in [0.717, 1.165) is 49.7 Å². The summed E-state index contributed by atoms with van der Waals surface area (Å²) in [5.74, 6) is 1.07. The molecule has 0 bridgehead atoms. The molecule has 5 nitrogen and oxygen atoms in total. The van der Waals surface area contributed by atoms with Gasteiger partial charge in [0.2, 0.25) is 0 Å². The third-order valence-corrected chi connectivity index (χ3v) is 3.66. The van der Waals surface area contributed by atoms with Crippen molar-refractivity contribution < 1.29 is 0 Å². The van der Waals surface area contributed by atoms with Gasteiger partial charge in [0.15, 0.2) is 0 Å². The minimum atomic E-state index is 0.438. The maximum absolute atomic E-state index is 5.84. The zero-order valence-electron chi connectivity index (χ0n) is 11.3. The first-order valence-electron chi connectivity index (χ1n) is 6.27. The van der Waals surface area contributed by atoms with Crippen LogP contribution in [0.2, 0.25) is 0 Å². The monoisotopic (exact) mass is 267 g/mol. The molecule has 0 aromatic carbocycles. The largest absolute Gasteiger partial charge is 0.389 e. The van der Waals surface area contributed by atoms with Crippen LogP contribution >= 0.6 is 12.2 Å². The van der Waals surface area contributed by atoms with E-state index in [1.54, 1.807) is 0 Å². The van der Waals surface area contributed by atoms with Crippen molar-refractivity contribution in [2.24, 2.45) is 12.8 Å². The van der Waals surface area contributed by atoms with Gasteiger partial charge in [-0.25, -0.2) is 0 Å². The minimum absolute atomic E-state index is 0.438. The summed E-state index contributed by atoms with van der Waals surface area (Å²) >= 11 is 5.16. The van der Waals surface area contributed by atoms with E-state index >= 15 is 0 Å². The van der Waals surface area contributed by atoms with Crippen molar-refractivity contribution in [2.45, 2.75) is 13.3 Å². The number of nitrogens with two attached hydrogens (primary N) is 1. The molecule has 18 heavy (non-hydrogen) atoms. The predicted octanol–water partition coefficient (Wildman–Crippen LogP) is 0.505. The molecule has 1 fully saturated rings. The van der Waals surface area contributed by atoms with Crippen molar-refractivity contribution >= 4 is 23.0 Å². The van der Waals surface area contributed by atoms with E-state index < -0.39 is 0 Å². The van der Waals surface area contributed by atoms with Crippen molar-refractivity contribution in [3.63, 3.8) is 0 Å². The van der Waals surface area contributed by atoms with E-state index in [-0.39, 0.29) is 0 Å². The fourth-order valence-electron chi connectivity index (χ4n) is 2.56. The van der Waals surface area contributed by atoms with Crippen LogP contribution in [-0.2, 0) is 7.05 Å². The molecule has 1 aromatic heterocycles. The third-order valence-electron chi connectivity index (χ3n) is 3.46. The lowest BCUT2D eigenvalue weighted by Crippen LogP contribution is -2.31.